The summed E-state index contributed by atoms with van der Waals surface area (Å²) >= 11 is 0. The van der Waals surface area contributed by atoms with Crippen LogP contribution in [-0.4, -0.2) is 31.2 Å². The van der Waals surface area contributed by atoms with E-state index in [4.69, 9.17) is 0 Å². The van der Waals surface area contributed by atoms with Crippen LogP contribution in [0, 0.1) is 19.7 Å². The van der Waals surface area contributed by atoms with Gasteiger partial charge in [0, 0.05) is 41.4 Å². The second-order valence-electron chi connectivity index (χ2n) is 7.83. The number of hydrogen-bond donors (Lipinski definition) is 2. The quantitative estimate of drug-likeness (QED) is 0.405. The number of aryl methyl sites for hydroxylation is 2. The third kappa shape index (κ3) is 4.12. The predicted molar refractivity (Wildman–Crippen MR) is 123 cm³/mol. The molecule has 0 amide bonds. The first-order chi connectivity index (χ1) is 16.0. The summed E-state index contributed by atoms with van der Waals surface area (Å²) in [5, 5.41) is 8.08. The molecule has 0 spiro atoms. The van der Waals surface area contributed by atoms with Crippen LogP contribution in [0.25, 0.3) is 33.5 Å². The molecule has 0 fully saturated rings. The summed E-state index contributed by atoms with van der Waals surface area (Å²) in [5.41, 5.74) is 5.29. The molecule has 5 aromatic rings. The van der Waals surface area contributed by atoms with Gasteiger partial charge in [-0.1, -0.05) is 29.4 Å². The minimum absolute atomic E-state index is 0.228. The third-order valence-electron chi connectivity index (χ3n) is 5.60. The maximum absolute atomic E-state index is 13.9. The topological polar surface area (TPSA) is 102 Å². The van der Waals surface area contributed by atoms with Gasteiger partial charge in [0.05, 0.1) is 11.2 Å². The van der Waals surface area contributed by atoms with Crippen LogP contribution in [0.1, 0.15) is 11.3 Å². The molecule has 3 heterocycles. The second-order valence-corrected chi connectivity index (χ2v) is 7.83. The van der Waals surface area contributed by atoms with Gasteiger partial charge in [-0.2, -0.15) is 0 Å². The predicted octanol–water partition coefficient (Wildman–Crippen LogP) is 4.31. The highest BCUT2D eigenvalue weighted by Gasteiger charge is 2.10. The van der Waals surface area contributed by atoms with E-state index in [2.05, 4.69) is 40.6 Å². The maximum atomic E-state index is 13.9. The Morgan fingerprint density at radius 1 is 1.06 bits per heavy atom. The molecule has 0 saturated heterocycles. The van der Waals surface area contributed by atoms with Gasteiger partial charge in [0.1, 0.15) is 18.0 Å². The molecule has 0 aliphatic rings. The lowest BCUT2D eigenvalue weighted by molar-refractivity contribution is 0.388. The molecule has 0 atom stereocenters. The van der Waals surface area contributed by atoms with Crippen molar-refractivity contribution in [2.45, 2.75) is 20.4 Å². The first-order valence-corrected chi connectivity index (χ1v) is 10.5. The van der Waals surface area contributed by atoms with E-state index in [1.165, 1.54) is 6.33 Å². The SMILES string of the molecule is Cc1cc(F)cc2c1cc(C)n2CCNc1cc(-c2ccc(-c3noc(=O)[nH]3)cc2)ncn1. The molecular formula is C24H21FN6O2. The molecule has 33 heavy (non-hydrogen) atoms. The molecule has 2 N–H and O–H groups in total. The number of nitrogens with zero attached hydrogens (tertiary/aromatic N) is 4. The van der Waals surface area contributed by atoms with Crippen LogP contribution in [0.4, 0.5) is 10.2 Å². The van der Waals surface area contributed by atoms with Crippen molar-refractivity contribution < 1.29 is 8.91 Å². The van der Waals surface area contributed by atoms with E-state index in [-0.39, 0.29) is 5.82 Å². The third-order valence-corrected chi connectivity index (χ3v) is 5.60. The van der Waals surface area contributed by atoms with Crippen LogP contribution in [-0.2, 0) is 6.54 Å². The number of halogens is 1. The number of H-pyrrole nitrogens is 1. The molecule has 2 aromatic carbocycles. The van der Waals surface area contributed by atoms with Gasteiger partial charge < -0.3 is 9.88 Å². The number of fused-ring (bicyclic) bond motifs is 1. The largest absolute Gasteiger partial charge is 0.439 e. The average Bonchev–Trinajstić information content (AvgIpc) is 3.38. The van der Waals surface area contributed by atoms with Crippen molar-refractivity contribution >= 4 is 16.7 Å². The molecule has 8 nitrogen and oxygen atoms in total. The summed E-state index contributed by atoms with van der Waals surface area (Å²) in [6.07, 6.45) is 1.51. The molecule has 166 valence electrons. The zero-order valence-corrected chi connectivity index (χ0v) is 18.1. The van der Waals surface area contributed by atoms with E-state index in [1.807, 2.05) is 44.2 Å². The summed E-state index contributed by atoms with van der Waals surface area (Å²) < 4.78 is 20.6. The van der Waals surface area contributed by atoms with Crippen LogP contribution < -0.4 is 11.1 Å². The summed E-state index contributed by atoms with van der Waals surface area (Å²) in [6.45, 7) is 5.24. The molecule has 3 aromatic heterocycles. The minimum atomic E-state index is -0.594. The zero-order chi connectivity index (χ0) is 22.9. The Hall–Kier alpha value is -4.27. The van der Waals surface area contributed by atoms with Crippen LogP contribution >= 0.6 is 0 Å². The molecule has 0 aliphatic carbocycles. The maximum Gasteiger partial charge on any atom is 0.439 e. The molecule has 9 heteroatoms. The Balaban J connectivity index is 1.30. The fourth-order valence-corrected chi connectivity index (χ4v) is 3.98. The van der Waals surface area contributed by atoms with Crippen molar-refractivity contribution in [1.82, 2.24) is 24.7 Å². The number of rotatable bonds is 6. The number of anilines is 1. The average molecular weight is 444 g/mol. The first-order valence-electron chi connectivity index (χ1n) is 10.5. The van der Waals surface area contributed by atoms with Crippen LogP contribution in [0.3, 0.4) is 0 Å². The van der Waals surface area contributed by atoms with E-state index in [9.17, 15) is 9.18 Å². The fraction of sp³-hybridized carbons (Fsp3) is 0.167. The number of nitrogens with one attached hydrogen (secondary N) is 2. The molecule has 5 rings (SSSR count). The highest BCUT2D eigenvalue weighted by molar-refractivity contribution is 5.84. The smallest absolute Gasteiger partial charge is 0.368 e. The van der Waals surface area contributed by atoms with Gasteiger partial charge in [0.15, 0.2) is 5.82 Å². The summed E-state index contributed by atoms with van der Waals surface area (Å²) in [4.78, 5) is 22.3. The van der Waals surface area contributed by atoms with Crippen molar-refractivity contribution in [3.8, 4) is 22.6 Å². The number of hydrogen-bond acceptors (Lipinski definition) is 6. The van der Waals surface area contributed by atoms with E-state index in [0.29, 0.717) is 24.7 Å². The lowest BCUT2D eigenvalue weighted by Gasteiger charge is -2.11. The normalized spacial score (nSPS) is 11.2. The fourth-order valence-electron chi connectivity index (χ4n) is 3.98. The Kier molecular flexibility index (Phi) is 5.21. The molecule has 0 radical (unpaired) electrons. The summed E-state index contributed by atoms with van der Waals surface area (Å²) in [6, 6.07) is 14.5. The zero-order valence-electron chi connectivity index (χ0n) is 18.1. The van der Waals surface area contributed by atoms with Gasteiger partial charge in [-0.15, -0.1) is 0 Å². The Bertz CT molecular complexity index is 1500. The van der Waals surface area contributed by atoms with Gasteiger partial charge >= 0.3 is 5.76 Å². The van der Waals surface area contributed by atoms with Gasteiger partial charge in [0.2, 0.25) is 0 Å². The molecular weight excluding hydrogens is 423 g/mol. The lowest BCUT2D eigenvalue weighted by Crippen LogP contribution is -2.12. The Labute approximate surface area is 188 Å². The van der Waals surface area contributed by atoms with Crippen LogP contribution in [0.5, 0.6) is 0 Å². The standard InChI is InChI=1S/C24H21FN6O2/c1-14-9-18(25)11-21-19(14)10-15(2)31(21)8-7-26-22-12-20(27-13-28-22)16-3-5-17(6-4-16)23-29-24(32)33-30-23/h3-6,9-13H,7-8H2,1-2H3,(H,26,27,28)(H,29,30,32). The van der Waals surface area contributed by atoms with E-state index in [1.54, 1.807) is 12.1 Å². The summed E-state index contributed by atoms with van der Waals surface area (Å²) in [5.74, 6) is 0.249. The van der Waals surface area contributed by atoms with Crippen molar-refractivity contribution in [3.05, 3.63) is 82.5 Å². The molecule has 0 bridgehead atoms. The highest BCUT2D eigenvalue weighted by Crippen LogP contribution is 2.25. The van der Waals surface area contributed by atoms with Gasteiger partial charge in [-0.3, -0.25) is 9.51 Å². The number of aromatic nitrogens is 5. The molecule has 0 saturated carbocycles. The van der Waals surface area contributed by atoms with Crippen LogP contribution in [0.2, 0.25) is 0 Å². The Morgan fingerprint density at radius 3 is 2.61 bits per heavy atom. The monoisotopic (exact) mass is 444 g/mol. The number of benzene rings is 2. The van der Waals surface area contributed by atoms with Crippen molar-refractivity contribution in [2.24, 2.45) is 0 Å². The van der Waals surface area contributed by atoms with E-state index >= 15 is 0 Å². The van der Waals surface area contributed by atoms with Gasteiger partial charge in [0.25, 0.3) is 0 Å². The van der Waals surface area contributed by atoms with Crippen molar-refractivity contribution in [1.29, 1.82) is 0 Å². The van der Waals surface area contributed by atoms with Crippen molar-refractivity contribution in [2.75, 3.05) is 11.9 Å². The van der Waals surface area contributed by atoms with Gasteiger partial charge in [-0.05, 0) is 37.6 Å². The first kappa shape index (κ1) is 20.6. The van der Waals surface area contributed by atoms with E-state index < -0.39 is 5.76 Å². The highest BCUT2D eigenvalue weighted by atomic mass is 19.1. The molecule has 0 aliphatic heterocycles. The number of aromatic amines is 1. The minimum Gasteiger partial charge on any atom is -0.368 e. The second kappa shape index (κ2) is 8.34. The van der Waals surface area contributed by atoms with Gasteiger partial charge in [-0.25, -0.2) is 19.2 Å². The lowest BCUT2D eigenvalue weighted by atomic mass is 10.1. The van der Waals surface area contributed by atoms with Crippen LogP contribution in [0.15, 0.2) is 64.2 Å². The molecule has 0 unspecified atom stereocenters. The van der Waals surface area contributed by atoms with Crippen molar-refractivity contribution in [3.63, 3.8) is 0 Å². The summed E-state index contributed by atoms with van der Waals surface area (Å²) in [7, 11) is 0. The Morgan fingerprint density at radius 2 is 1.85 bits per heavy atom. The van der Waals surface area contributed by atoms with E-state index in [0.717, 1.165) is 39.0 Å².